The van der Waals surface area contributed by atoms with Crippen LogP contribution in [0.15, 0.2) is 0 Å². The number of carbonyl (C=O) groups excluding carboxylic acids is 1. The van der Waals surface area contributed by atoms with E-state index in [1.807, 2.05) is 27.9 Å². The van der Waals surface area contributed by atoms with E-state index in [1.165, 1.54) is 0 Å². The molecule has 0 bridgehead atoms. The third-order valence-electron chi connectivity index (χ3n) is 2.65. The molecule has 2 heteroatoms. The maximum atomic E-state index is 11.7. The minimum atomic E-state index is -0.119. The zero-order chi connectivity index (χ0) is 10.5. The first-order valence-electron chi connectivity index (χ1n) is 5.08. The van der Waals surface area contributed by atoms with Gasteiger partial charge in [0.05, 0.1) is 0 Å². The number of hydrogen-bond donors (Lipinski definition) is 0. The Labute approximate surface area is 82.3 Å². The van der Waals surface area contributed by atoms with Crippen molar-refractivity contribution in [2.24, 2.45) is 5.41 Å². The molecule has 0 N–H and O–H groups in total. The van der Waals surface area contributed by atoms with E-state index in [-0.39, 0.29) is 5.41 Å². The van der Waals surface area contributed by atoms with Crippen LogP contribution in [0.5, 0.6) is 0 Å². The largest absolute Gasteiger partial charge is 0.309 e. The summed E-state index contributed by atoms with van der Waals surface area (Å²) in [6.07, 6.45) is 2.64. The van der Waals surface area contributed by atoms with Crippen molar-refractivity contribution in [3.05, 3.63) is 0 Å². The van der Waals surface area contributed by atoms with E-state index in [0.717, 1.165) is 25.8 Å². The third-order valence-corrected chi connectivity index (χ3v) is 2.65. The van der Waals surface area contributed by atoms with Crippen LogP contribution in [0, 0.1) is 5.41 Å². The highest BCUT2D eigenvalue weighted by atomic mass is 16.1. The SMILES string of the molecule is CCC(C)(C)C(=O)CCCN(C)C. The molecule has 0 saturated carbocycles. The maximum Gasteiger partial charge on any atom is 0.138 e. The van der Waals surface area contributed by atoms with Gasteiger partial charge in [-0.05, 0) is 33.5 Å². The Bertz CT molecular complexity index is 161. The van der Waals surface area contributed by atoms with Crippen LogP contribution in [-0.2, 0) is 4.79 Å². The fourth-order valence-electron chi connectivity index (χ4n) is 1.09. The molecule has 13 heavy (non-hydrogen) atoms. The molecular weight excluding hydrogens is 162 g/mol. The molecule has 0 atom stereocenters. The molecule has 0 aliphatic heterocycles. The van der Waals surface area contributed by atoms with Gasteiger partial charge in [-0.1, -0.05) is 20.8 Å². The summed E-state index contributed by atoms with van der Waals surface area (Å²) in [6.45, 7) is 7.14. The van der Waals surface area contributed by atoms with Gasteiger partial charge in [0.15, 0.2) is 0 Å². The standard InChI is InChI=1S/C11H23NO/c1-6-11(2,3)10(13)8-7-9-12(4)5/h6-9H2,1-5H3. The van der Waals surface area contributed by atoms with Crippen LogP contribution in [0.1, 0.15) is 40.0 Å². The molecule has 0 saturated heterocycles. The molecular formula is C11H23NO. The van der Waals surface area contributed by atoms with E-state index in [4.69, 9.17) is 0 Å². The zero-order valence-electron chi connectivity index (χ0n) is 9.68. The van der Waals surface area contributed by atoms with Gasteiger partial charge < -0.3 is 4.90 Å². The lowest BCUT2D eigenvalue weighted by Crippen LogP contribution is -2.24. The maximum absolute atomic E-state index is 11.7. The Kier molecular flexibility index (Phi) is 5.23. The summed E-state index contributed by atoms with van der Waals surface area (Å²) in [5, 5.41) is 0. The quantitative estimate of drug-likeness (QED) is 0.633. The fraction of sp³-hybridized carbons (Fsp3) is 0.909. The Morgan fingerprint density at radius 3 is 2.23 bits per heavy atom. The highest BCUT2D eigenvalue weighted by Gasteiger charge is 2.23. The first-order valence-corrected chi connectivity index (χ1v) is 5.08. The van der Waals surface area contributed by atoms with Gasteiger partial charge >= 0.3 is 0 Å². The van der Waals surface area contributed by atoms with E-state index in [0.29, 0.717) is 5.78 Å². The highest BCUT2D eigenvalue weighted by molar-refractivity contribution is 5.83. The normalized spacial score (nSPS) is 12.2. The second-order valence-electron chi connectivity index (χ2n) is 4.57. The van der Waals surface area contributed by atoms with Crippen LogP contribution in [0.25, 0.3) is 0 Å². The number of carbonyl (C=O) groups is 1. The number of nitrogens with zero attached hydrogens (tertiary/aromatic N) is 1. The Balaban J connectivity index is 3.75. The summed E-state index contributed by atoms with van der Waals surface area (Å²) in [7, 11) is 4.07. The van der Waals surface area contributed by atoms with E-state index in [9.17, 15) is 4.79 Å². The summed E-state index contributed by atoms with van der Waals surface area (Å²) in [4.78, 5) is 13.8. The Morgan fingerprint density at radius 2 is 1.85 bits per heavy atom. The average Bonchev–Trinajstić information content (AvgIpc) is 2.03. The third kappa shape index (κ3) is 5.04. The summed E-state index contributed by atoms with van der Waals surface area (Å²) in [5.41, 5.74) is -0.119. The van der Waals surface area contributed by atoms with Crippen LogP contribution >= 0.6 is 0 Å². The highest BCUT2D eigenvalue weighted by Crippen LogP contribution is 2.23. The van der Waals surface area contributed by atoms with Crippen LogP contribution in [0.3, 0.4) is 0 Å². The van der Waals surface area contributed by atoms with Gasteiger partial charge in [0.25, 0.3) is 0 Å². The second kappa shape index (κ2) is 5.38. The van der Waals surface area contributed by atoms with Gasteiger partial charge in [0.1, 0.15) is 5.78 Å². The molecule has 78 valence electrons. The minimum absolute atomic E-state index is 0.119. The fourth-order valence-corrected chi connectivity index (χ4v) is 1.09. The van der Waals surface area contributed by atoms with Crippen LogP contribution in [0.2, 0.25) is 0 Å². The lowest BCUT2D eigenvalue weighted by molar-refractivity contribution is -0.127. The molecule has 0 amide bonds. The molecule has 0 aliphatic carbocycles. The van der Waals surface area contributed by atoms with Gasteiger partial charge in [-0.2, -0.15) is 0 Å². The Hall–Kier alpha value is -0.370. The monoisotopic (exact) mass is 185 g/mol. The van der Waals surface area contributed by atoms with Crippen molar-refractivity contribution in [3.63, 3.8) is 0 Å². The van der Waals surface area contributed by atoms with E-state index >= 15 is 0 Å². The van der Waals surface area contributed by atoms with Gasteiger partial charge in [-0.15, -0.1) is 0 Å². The van der Waals surface area contributed by atoms with Crippen molar-refractivity contribution in [2.75, 3.05) is 20.6 Å². The molecule has 0 aliphatic rings. The summed E-state index contributed by atoms with van der Waals surface area (Å²) in [5.74, 6) is 0.400. The Morgan fingerprint density at radius 1 is 1.31 bits per heavy atom. The smallest absolute Gasteiger partial charge is 0.138 e. The molecule has 0 unspecified atom stereocenters. The lowest BCUT2D eigenvalue weighted by Gasteiger charge is -2.21. The first kappa shape index (κ1) is 12.6. The van der Waals surface area contributed by atoms with Crippen molar-refractivity contribution < 1.29 is 4.79 Å². The van der Waals surface area contributed by atoms with Crippen molar-refractivity contribution in [2.45, 2.75) is 40.0 Å². The minimum Gasteiger partial charge on any atom is -0.309 e. The van der Waals surface area contributed by atoms with Crippen molar-refractivity contribution >= 4 is 5.78 Å². The van der Waals surface area contributed by atoms with Crippen LogP contribution < -0.4 is 0 Å². The summed E-state index contributed by atoms with van der Waals surface area (Å²) >= 11 is 0. The number of hydrogen-bond acceptors (Lipinski definition) is 2. The predicted octanol–water partition coefficient (Wildman–Crippen LogP) is 2.33. The topological polar surface area (TPSA) is 20.3 Å². The second-order valence-corrected chi connectivity index (χ2v) is 4.57. The van der Waals surface area contributed by atoms with Crippen molar-refractivity contribution in [1.29, 1.82) is 0 Å². The number of Topliss-reactive ketones (excluding diaryl/α,β-unsaturated/α-hetero) is 1. The summed E-state index contributed by atoms with van der Waals surface area (Å²) < 4.78 is 0. The first-order chi connectivity index (χ1) is 5.90. The van der Waals surface area contributed by atoms with E-state index < -0.39 is 0 Å². The predicted molar refractivity (Wildman–Crippen MR) is 56.9 cm³/mol. The molecule has 0 aromatic heterocycles. The number of ketones is 1. The molecule has 0 rings (SSSR count). The van der Waals surface area contributed by atoms with Gasteiger partial charge in [0.2, 0.25) is 0 Å². The zero-order valence-corrected chi connectivity index (χ0v) is 9.68. The van der Waals surface area contributed by atoms with E-state index in [2.05, 4.69) is 11.8 Å². The lowest BCUT2D eigenvalue weighted by atomic mass is 9.83. The van der Waals surface area contributed by atoms with Gasteiger partial charge in [0, 0.05) is 11.8 Å². The molecule has 0 heterocycles. The van der Waals surface area contributed by atoms with Gasteiger partial charge in [-0.3, -0.25) is 4.79 Å². The summed E-state index contributed by atoms with van der Waals surface area (Å²) in [6, 6.07) is 0. The van der Waals surface area contributed by atoms with Crippen LogP contribution in [0.4, 0.5) is 0 Å². The number of rotatable bonds is 6. The molecule has 0 aromatic carbocycles. The van der Waals surface area contributed by atoms with Gasteiger partial charge in [-0.25, -0.2) is 0 Å². The molecule has 0 radical (unpaired) electrons. The van der Waals surface area contributed by atoms with Crippen LogP contribution in [-0.4, -0.2) is 31.3 Å². The molecule has 0 spiro atoms. The molecule has 2 nitrogen and oxygen atoms in total. The average molecular weight is 185 g/mol. The molecule has 0 fully saturated rings. The van der Waals surface area contributed by atoms with Crippen molar-refractivity contribution in [3.8, 4) is 0 Å². The molecule has 0 aromatic rings. The van der Waals surface area contributed by atoms with Crippen molar-refractivity contribution in [1.82, 2.24) is 4.90 Å². The van der Waals surface area contributed by atoms with E-state index in [1.54, 1.807) is 0 Å².